The van der Waals surface area contributed by atoms with Crippen LogP contribution in [0.25, 0.3) is 0 Å². The SMILES string of the molecule is COc1ccc(CCNC(=O)CSc2nc(Cl)cc(N3CCN(C(=O)c4ccc(Cl)cc4)C(C)C3)n2)cc1OC. The van der Waals surface area contributed by atoms with E-state index in [-0.39, 0.29) is 23.6 Å². The predicted octanol–water partition coefficient (Wildman–Crippen LogP) is 4.60. The number of hydrogen-bond donors (Lipinski definition) is 1. The third-order valence-corrected chi connectivity index (χ3v) is 7.77. The van der Waals surface area contributed by atoms with Crippen LogP contribution in [0.15, 0.2) is 53.7 Å². The number of ether oxygens (including phenoxy) is 2. The summed E-state index contributed by atoms with van der Waals surface area (Å²) in [5.74, 6) is 1.99. The summed E-state index contributed by atoms with van der Waals surface area (Å²) < 4.78 is 10.6. The van der Waals surface area contributed by atoms with Gasteiger partial charge in [0, 0.05) is 48.9 Å². The second kappa shape index (κ2) is 13.9. The minimum Gasteiger partial charge on any atom is -0.493 e. The summed E-state index contributed by atoms with van der Waals surface area (Å²) in [4.78, 5) is 38.3. The minimum absolute atomic E-state index is 0.0297. The first-order chi connectivity index (χ1) is 19.3. The lowest BCUT2D eigenvalue weighted by Gasteiger charge is -2.40. The van der Waals surface area contributed by atoms with Gasteiger partial charge in [-0.1, -0.05) is 41.0 Å². The van der Waals surface area contributed by atoms with Crippen molar-refractivity contribution in [1.29, 1.82) is 0 Å². The van der Waals surface area contributed by atoms with E-state index in [2.05, 4.69) is 20.2 Å². The van der Waals surface area contributed by atoms with Gasteiger partial charge in [-0.2, -0.15) is 0 Å². The smallest absolute Gasteiger partial charge is 0.254 e. The lowest BCUT2D eigenvalue weighted by molar-refractivity contribution is -0.118. The molecule has 212 valence electrons. The molecule has 1 unspecified atom stereocenters. The first-order valence-electron chi connectivity index (χ1n) is 12.7. The van der Waals surface area contributed by atoms with Gasteiger partial charge >= 0.3 is 0 Å². The highest BCUT2D eigenvalue weighted by molar-refractivity contribution is 7.99. The minimum atomic E-state index is -0.126. The number of benzene rings is 2. The Morgan fingerprint density at radius 3 is 2.48 bits per heavy atom. The lowest BCUT2D eigenvalue weighted by atomic mass is 10.1. The molecule has 1 N–H and O–H groups in total. The molecule has 12 heteroatoms. The number of thioether (sulfide) groups is 1. The van der Waals surface area contributed by atoms with Gasteiger partial charge in [0.1, 0.15) is 11.0 Å². The van der Waals surface area contributed by atoms with E-state index < -0.39 is 0 Å². The second-order valence-electron chi connectivity index (χ2n) is 9.21. The number of halogens is 2. The summed E-state index contributed by atoms with van der Waals surface area (Å²) in [5, 5.41) is 4.24. The van der Waals surface area contributed by atoms with Crippen molar-refractivity contribution in [2.45, 2.75) is 24.5 Å². The molecule has 0 bridgehead atoms. The quantitative estimate of drug-likeness (QED) is 0.204. The van der Waals surface area contributed by atoms with Gasteiger partial charge in [0.25, 0.3) is 5.91 Å². The number of hydrogen-bond acceptors (Lipinski definition) is 8. The van der Waals surface area contributed by atoms with Gasteiger partial charge < -0.3 is 24.6 Å². The van der Waals surface area contributed by atoms with E-state index in [1.807, 2.05) is 30.0 Å². The van der Waals surface area contributed by atoms with Crippen molar-refractivity contribution in [2.75, 3.05) is 51.1 Å². The molecule has 1 aromatic heterocycles. The summed E-state index contributed by atoms with van der Waals surface area (Å²) in [6.45, 7) is 4.21. The zero-order valence-corrected chi connectivity index (χ0v) is 24.9. The van der Waals surface area contributed by atoms with Gasteiger partial charge in [-0.25, -0.2) is 9.97 Å². The van der Waals surface area contributed by atoms with Gasteiger partial charge in [0.2, 0.25) is 5.91 Å². The van der Waals surface area contributed by atoms with Crippen LogP contribution >= 0.6 is 35.0 Å². The van der Waals surface area contributed by atoms with Crippen molar-refractivity contribution < 1.29 is 19.1 Å². The van der Waals surface area contributed by atoms with Crippen LogP contribution in [-0.4, -0.2) is 78.9 Å². The number of piperazine rings is 1. The third kappa shape index (κ3) is 7.71. The maximum Gasteiger partial charge on any atom is 0.254 e. The van der Waals surface area contributed by atoms with E-state index in [0.717, 1.165) is 5.56 Å². The summed E-state index contributed by atoms with van der Waals surface area (Å²) in [7, 11) is 3.18. The second-order valence-corrected chi connectivity index (χ2v) is 11.0. The van der Waals surface area contributed by atoms with Crippen LogP contribution in [0.2, 0.25) is 10.2 Å². The monoisotopic (exact) mass is 603 g/mol. The standard InChI is InChI=1S/C28H31Cl2N5O4S/c1-18-16-34(12-13-35(18)27(37)20-5-7-21(29)8-6-20)25-15-24(30)32-28(33-25)40-17-26(36)31-11-10-19-4-9-22(38-2)23(14-19)39-3/h4-9,14-15,18H,10-13,16-17H2,1-3H3,(H,31,36). The van der Waals surface area contributed by atoms with Gasteiger partial charge in [-0.3, -0.25) is 9.59 Å². The number of nitrogens with zero attached hydrogens (tertiary/aromatic N) is 4. The number of aromatic nitrogens is 2. The van der Waals surface area contributed by atoms with Crippen molar-refractivity contribution in [3.63, 3.8) is 0 Å². The fourth-order valence-corrected chi connectivity index (χ4v) is 5.44. The Bertz CT molecular complexity index is 1340. The zero-order chi connectivity index (χ0) is 28.6. The molecule has 1 fully saturated rings. The number of carbonyl (C=O) groups is 2. The van der Waals surface area contributed by atoms with Crippen LogP contribution in [-0.2, 0) is 11.2 Å². The topological polar surface area (TPSA) is 96.9 Å². The Balaban J connectivity index is 1.28. The summed E-state index contributed by atoms with van der Waals surface area (Å²) in [6.07, 6.45) is 0.652. The number of methoxy groups -OCH3 is 2. The Morgan fingerprint density at radius 2 is 1.77 bits per heavy atom. The van der Waals surface area contributed by atoms with Gasteiger partial charge in [0.05, 0.1) is 20.0 Å². The molecule has 3 aromatic rings. The predicted molar refractivity (Wildman–Crippen MR) is 158 cm³/mol. The van der Waals surface area contributed by atoms with Gasteiger partial charge in [-0.15, -0.1) is 0 Å². The first-order valence-corrected chi connectivity index (χ1v) is 14.5. The van der Waals surface area contributed by atoms with Crippen LogP contribution in [0.5, 0.6) is 11.5 Å². The van der Waals surface area contributed by atoms with Crippen LogP contribution < -0.4 is 19.7 Å². The summed E-state index contributed by atoms with van der Waals surface area (Å²) >= 11 is 13.5. The van der Waals surface area contributed by atoms with E-state index in [4.69, 9.17) is 32.7 Å². The van der Waals surface area contributed by atoms with Crippen molar-refractivity contribution >= 4 is 52.6 Å². The summed E-state index contributed by atoms with van der Waals surface area (Å²) in [6, 6.07) is 14.3. The molecular weight excluding hydrogens is 573 g/mol. The Morgan fingerprint density at radius 1 is 1.02 bits per heavy atom. The van der Waals surface area contributed by atoms with Crippen LogP contribution in [0.3, 0.4) is 0 Å². The molecule has 2 amide bonds. The molecule has 0 aliphatic carbocycles. The third-order valence-electron chi connectivity index (χ3n) is 6.48. The molecule has 1 aliphatic rings. The average Bonchev–Trinajstić information content (AvgIpc) is 2.95. The number of carbonyl (C=O) groups excluding carboxylic acids is 2. The highest BCUT2D eigenvalue weighted by atomic mass is 35.5. The van der Waals surface area contributed by atoms with Crippen molar-refractivity contribution in [1.82, 2.24) is 20.2 Å². The van der Waals surface area contributed by atoms with Crippen molar-refractivity contribution in [3.05, 3.63) is 69.8 Å². The first kappa shape index (κ1) is 29.8. The lowest BCUT2D eigenvalue weighted by Crippen LogP contribution is -2.54. The average molecular weight is 605 g/mol. The van der Waals surface area contributed by atoms with Crippen LogP contribution in [0, 0.1) is 0 Å². The normalized spacial score (nSPS) is 15.1. The molecule has 4 rings (SSSR count). The maximum atomic E-state index is 13.0. The Hall–Kier alpha value is -3.21. The fourth-order valence-electron chi connectivity index (χ4n) is 4.40. The highest BCUT2D eigenvalue weighted by Crippen LogP contribution is 2.28. The van der Waals surface area contributed by atoms with Crippen molar-refractivity contribution in [2.24, 2.45) is 0 Å². The highest BCUT2D eigenvalue weighted by Gasteiger charge is 2.29. The van der Waals surface area contributed by atoms with Crippen LogP contribution in [0.1, 0.15) is 22.8 Å². The van der Waals surface area contributed by atoms with Crippen molar-refractivity contribution in [3.8, 4) is 11.5 Å². The molecular formula is C28H31Cl2N5O4S. The van der Waals surface area contributed by atoms with Crippen LogP contribution in [0.4, 0.5) is 5.82 Å². The van der Waals surface area contributed by atoms with Gasteiger partial charge in [-0.05, 0) is 55.3 Å². The van der Waals surface area contributed by atoms with E-state index in [1.54, 1.807) is 44.6 Å². The zero-order valence-electron chi connectivity index (χ0n) is 22.5. The van der Waals surface area contributed by atoms with Gasteiger partial charge in [0.15, 0.2) is 16.7 Å². The molecule has 1 saturated heterocycles. The molecule has 1 aliphatic heterocycles. The Labute approximate surface area is 248 Å². The molecule has 9 nitrogen and oxygen atoms in total. The number of nitrogens with one attached hydrogen (secondary N) is 1. The number of rotatable bonds is 10. The Kier molecular flexibility index (Phi) is 10.4. The number of anilines is 1. The van der Waals surface area contributed by atoms with E-state index >= 15 is 0 Å². The summed E-state index contributed by atoms with van der Waals surface area (Å²) in [5.41, 5.74) is 1.63. The van der Waals surface area contributed by atoms with E-state index in [1.165, 1.54) is 11.8 Å². The molecule has 0 saturated carbocycles. The molecule has 1 atom stereocenters. The molecule has 40 heavy (non-hydrogen) atoms. The van der Waals surface area contributed by atoms with E-state index in [9.17, 15) is 9.59 Å². The number of amides is 2. The maximum absolute atomic E-state index is 13.0. The largest absolute Gasteiger partial charge is 0.493 e. The fraction of sp³-hybridized carbons (Fsp3) is 0.357. The van der Waals surface area contributed by atoms with E-state index in [0.29, 0.717) is 70.8 Å². The molecule has 2 heterocycles. The molecule has 0 radical (unpaired) electrons. The molecule has 0 spiro atoms. The molecule has 2 aromatic carbocycles.